The molecule has 3 N–H and O–H groups in total. The standard InChI is InChI=1S/C15H22N2O3/c1-9-5-4-6-10(2)14(9)20-12-7-17(8-12)15(19)13(16)11(3)18/h4-6,11-13,18H,7-8,16H2,1-3H3/t11-,13+/m1/s1. The van der Waals surface area contributed by atoms with Crippen LogP contribution in [0, 0.1) is 13.8 Å². The van der Waals surface area contributed by atoms with Gasteiger partial charge in [0.1, 0.15) is 17.9 Å². The molecule has 1 aliphatic heterocycles. The average molecular weight is 278 g/mol. The third-order valence-electron chi connectivity index (χ3n) is 3.66. The van der Waals surface area contributed by atoms with Gasteiger partial charge in [0, 0.05) is 0 Å². The van der Waals surface area contributed by atoms with Crippen LogP contribution in [0.15, 0.2) is 18.2 Å². The van der Waals surface area contributed by atoms with E-state index in [-0.39, 0.29) is 12.0 Å². The molecule has 1 amide bonds. The smallest absolute Gasteiger partial charge is 0.242 e. The van der Waals surface area contributed by atoms with Crippen LogP contribution in [0.2, 0.25) is 0 Å². The molecule has 2 rings (SSSR count). The van der Waals surface area contributed by atoms with Crippen LogP contribution >= 0.6 is 0 Å². The number of aliphatic hydroxyl groups is 1. The Morgan fingerprint density at radius 1 is 1.40 bits per heavy atom. The number of amides is 1. The summed E-state index contributed by atoms with van der Waals surface area (Å²) in [6.45, 7) is 6.58. The van der Waals surface area contributed by atoms with Crippen molar-refractivity contribution in [3.8, 4) is 5.75 Å². The minimum atomic E-state index is -0.851. The van der Waals surface area contributed by atoms with Crippen LogP contribution in [0.4, 0.5) is 0 Å². The van der Waals surface area contributed by atoms with E-state index in [1.807, 2.05) is 32.0 Å². The molecule has 0 aromatic heterocycles. The van der Waals surface area contributed by atoms with Crippen molar-refractivity contribution in [2.24, 2.45) is 5.73 Å². The van der Waals surface area contributed by atoms with E-state index in [1.165, 1.54) is 6.92 Å². The van der Waals surface area contributed by atoms with Gasteiger partial charge in [-0.15, -0.1) is 0 Å². The van der Waals surface area contributed by atoms with Crippen LogP contribution in [0.3, 0.4) is 0 Å². The third-order valence-corrected chi connectivity index (χ3v) is 3.66. The van der Waals surface area contributed by atoms with Gasteiger partial charge in [0.15, 0.2) is 0 Å². The fraction of sp³-hybridized carbons (Fsp3) is 0.533. The molecule has 0 bridgehead atoms. The Kier molecular flexibility index (Phi) is 4.30. The summed E-state index contributed by atoms with van der Waals surface area (Å²) in [5.74, 6) is 0.672. The van der Waals surface area contributed by atoms with Crippen LogP contribution < -0.4 is 10.5 Å². The molecule has 1 heterocycles. The van der Waals surface area contributed by atoms with Crippen molar-refractivity contribution in [2.45, 2.75) is 39.0 Å². The van der Waals surface area contributed by atoms with Gasteiger partial charge in [-0.1, -0.05) is 18.2 Å². The van der Waals surface area contributed by atoms with Crippen LogP contribution in [-0.2, 0) is 4.79 Å². The lowest BCUT2D eigenvalue weighted by molar-refractivity contribution is -0.143. The summed E-state index contributed by atoms with van der Waals surface area (Å²) in [5.41, 5.74) is 7.82. The molecule has 1 aromatic carbocycles. The molecule has 0 spiro atoms. The molecule has 20 heavy (non-hydrogen) atoms. The molecular formula is C15H22N2O3. The molecule has 5 heteroatoms. The number of carbonyl (C=O) groups excluding carboxylic acids is 1. The summed E-state index contributed by atoms with van der Waals surface area (Å²) in [5, 5.41) is 9.33. The number of aryl methyl sites for hydroxylation is 2. The third kappa shape index (κ3) is 2.94. The maximum atomic E-state index is 11.9. The number of aliphatic hydroxyl groups excluding tert-OH is 1. The zero-order valence-corrected chi connectivity index (χ0v) is 12.2. The van der Waals surface area contributed by atoms with Gasteiger partial charge in [-0.05, 0) is 31.9 Å². The molecule has 0 saturated carbocycles. The van der Waals surface area contributed by atoms with Crippen LogP contribution in [0.5, 0.6) is 5.75 Å². The molecule has 1 aromatic rings. The summed E-state index contributed by atoms with van der Waals surface area (Å²) in [4.78, 5) is 13.5. The largest absolute Gasteiger partial charge is 0.486 e. The van der Waals surface area contributed by atoms with Gasteiger partial charge in [-0.2, -0.15) is 0 Å². The van der Waals surface area contributed by atoms with Crippen molar-refractivity contribution in [3.05, 3.63) is 29.3 Å². The molecule has 1 saturated heterocycles. The number of carbonyl (C=O) groups is 1. The summed E-state index contributed by atoms with van der Waals surface area (Å²) in [7, 11) is 0. The molecular weight excluding hydrogens is 256 g/mol. The maximum Gasteiger partial charge on any atom is 0.242 e. The van der Waals surface area contributed by atoms with Gasteiger partial charge in [0.2, 0.25) is 5.91 Å². The van der Waals surface area contributed by atoms with Gasteiger partial charge in [0.05, 0.1) is 19.2 Å². The van der Waals surface area contributed by atoms with Crippen molar-refractivity contribution < 1.29 is 14.6 Å². The highest BCUT2D eigenvalue weighted by molar-refractivity contribution is 5.83. The first-order valence-corrected chi connectivity index (χ1v) is 6.85. The maximum absolute atomic E-state index is 11.9. The van der Waals surface area contributed by atoms with Crippen molar-refractivity contribution in [1.82, 2.24) is 4.90 Å². The lowest BCUT2D eigenvalue weighted by atomic mass is 10.1. The molecule has 0 radical (unpaired) electrons. The molecule has 110 valence electrons. The van der Waals surface area contributed by atoms with E-state index in [4.69, 9.17) is 10.5 Å². The zero-order chi connectivity index (χ0) is 14.9. The highest BCUT2D eigenvalue weighted by atomic mass is 16.5. The Bertz CT molecular complexity index is 476. The molecule has 1 fully saturated rings. The fourth-order valence-corrected chi connectivity index (χ4v) is 2.26. The lowest BCUT2D eigenvalue weighted by Gasteiger charge is -2.40. The number of para-hydroxylation sites is 1. The number of nitrogens with zero attached hydrogens (tertiary/aromatic N) is 1. The topological polar surface area (TPSA) is 75.8 Å². The van der Waals surface area contributed by atoms with Gasteiger partial charge in [-0.25, -0.2) is 0 Å². The SMILES string of the molecule is Cc1cccc(C)c1OC1CN(C(=O)[C@@H](N)[C@@H](C)O)C1. The molecule has 0 unspecified atom stereocenters. The van der Waals surface area contributed by atoms with Crippen molar-refractivity contribution >= 4 is 5.91 Å². The normalized spacial score (nSPS) is 18.4. The fourth-order valence-electron chi connectivity index (χ4n) is 2.26. The highest BCUT2D eigenvalue weighted by Gasteiger charge is 2.36. The summed E-state index contributed by atoms with van der Waals surface area (Å²) in [6.07, 6.45) is -0.832. The van der Waals surface area contributed by atoms with Gasteiger partial charge >= 0.3 is 0 Å². The first-order valence-electron chi connectivity index (χ1n) is 6.85. The van der Waals surface area contributed by atoms with E-state index in [0.29, 0.717) is 13.1 Å². The highest BCUT2D eigenvalue weighted by Crippen LogP contribution is 2.26. The number of hydrogen-bond donors (Lipinski definition) is 2. The first kappa shape index (κ1) is 14.8. The van der Waals surface area contributed by atoms with E-state index in [2.05, 4.69) is 0 Å². The Balaban J connectivity index is 1.90. The van der Waals surface area contributed by atoms with Crippen molar-refractivity contribution in [2.75, 3.05) is 13.1 Å². The second-order valence-corrected chi connectivity index (χ2v) is 5.47. The quantitative estimate of drug-likeness (QED) is 0.845. The molecule has 2 atom stereocenters. The van der Waals surface area contributed by atoms with E-state index >= 15 is 0 Å². The second-order valence-electron chi connectivity index (χ2n) is 5.47. The number of rotatable bonds is 4. The first-order chi connectivity index (χ1) is 9.40. The Morgan fingerprint density at radius 2 is 1.95 bits per heavy atom. The number of likely N-dealkylation sites (tertiary alicyclic amines) is 1. The number of benzene rings is 1. The average Bonchev–Trinajstić information content (AvgIpc) is 2.34. The Hall–Kier alpha value is -1.59. The molecule has 5 nitrogen and oxygen atoms in total. The predicted octanol–water partition coefficient (Wildman–Crippen LogP) is 0.601. The summed E-state index contributed by atoms with van der Waals surface area (Å²) >= 11 is 0. The summed E-state index contributed by atoms with van der Waals surface area (Å²) in [6, 6.07) is 5.16. The van der Waals surface area contributed by atoms with Gasteiger partial charge in [-0.3, -0.25) is 4.79 Å². The predicted molar refractivity (Wildman–Crippen MR) is 76.6 cm³/mol. The van der Waals surface area contributed by atoms with E-state index < -0.39 is 12.1 Å². The minimum absolute atomic E-state index is 0.0000472. The molecule has 1 aliphatic rings. The lowest BCUT2D eigenvalue weighted by Crippen LogP contribution is -2.61. The number of ether oxygens (including phenoxy) is 1. The van der Waals surface area contributed by atoms with E-state index in [9.17, 15) is 9.90 Å². The van der Waals surface area contributed by atoms with E-state index in [1.54, 1.807) is 4.90 Å². The zero-order valence-electron chi connectivity index (χ0n) is 12.2. The van der Waals surface area contributed by atoms with E-state index in [0.717, 1.165) is 16.9 Å². The van der Waals surface area contributed by atoms with Crippen molar-refractivity contribution in [1.29, 1.82) is 0 Å². The van der Waals surface area contributed by atoms with Gasteiger partial charge < -0.3 is 20.5 Å². The Labute approximate surface area is 119 Å². The van der Waals surface area contributed by atoms with Crippen LogP contribution in [0.25, 0.3) is 0 Å². The number of nitrogens with two attached hydrogens (primary N) is 1. The second kappa shape index (κ2) is 5.81. The monoisotopic (exact) mass is 278 g/mol. The minimum Gasteiger partial charge on any atom is -0.486 e. The Morgan fingerprint density at radius 3 is 2.45 bits per heavy atom. The summed E-state index contributed by atoms with van der Waals surface area (Å²) < 4.78 is 5.94. The number of hydrogen-bond acceptors (Lipinski definition) is 4. The van der Waals surface area contributed by atoms with Gasteiger partial charge in [0.25, 0.3) is 0 Å². The molecule has 0 aliphatic carbocycles. The van der Waals surface area contributed by atoms with Crippen LogP contribution in [0.1, 0.15) is 18.1 Å². The van der Waals surface area contributed by atoms with Crippen molar-refractivity contribution in [3.63, 3.8) is 0 Å². The van der Waals surface area contributed by atoms with Crippen LogP contribution in [-0.4, -0.2) is 47.3 Å².